The Kier molecular flexibility index (Phi) is 3.43. The first kappa shape index (κ1) is 14.7. The van der Waals surface area contributed by atoms with Gasteiger partial charge in [-0.25, -0.2) is 13.2 Å². The summed E-state index contributed by atoms with van der Waals surface area (Å²) in [4.78, 5) is 24.8. The molecule has 0 aromatic carbocycles. The Bertz CT molecular complexity index is 530. The van der Waals surface area contributed by atoms with Gasteiger partial charge in [-0.1, -0.05) is 0 Å². The van der Waals surface area contributed by atoms with Gasteiger partial charge in [0.2, 0.25) is 5.91 Å². The summed E-state index contributed by atoms with van der Waals surface area (Å²) in [6.07, 6.45) is 0. The van der Waals surface area contributed by atoms with E-state index in [2.05, 4.69) is 15.9 Å². The fraction of sp³-hybridized carbons (Fsp3) is 0.800. The number of esters is 1. The predicted molar refractivity (Wildman–Crippen MR) is 67.9 cm³/mol. The van der Waals surface area contributed by atoms with Gasteiger partial charge in [0.1, 0.15) is 16.9 Å². The van der Waals surface area contributed by atoms with Crippen LogP contribution in [0.4, 0.5) is 0 Å². The molecule has 2 aliphatic heterocycles. The molecule has 0 radical (unpaired) electrons. The zero-order valence-corrected chi connectivity index (χ0v) is 12.8. The molecule has 0 spiro atoms. The molecule has 0 bridgehead atoms. The van der Waals surface area contributed by atoms with Gasteiger partial charge in [-0.05, 0) is 29.8 Å². The van der Waals surface area contributed by atoms with Gasteiger partial charge in [0.05, 0.1) is 17.3 Å². The van der Waals surface area contributed by atoms with Crippen molar-refractivity contribution in [3.05, 3.63) is 0 Å². The van der Waals surface area contributed by atoms with Gasteiger partial charge in [0, 0.05) is 0 Å². The second-order valence-electron chi connectivity index (χ2n) is 5.05. The van der Waals surface area contributed by atoms with Crippen molar-refractivity contribution in [2.24, 2.45) is 5.92 Å². The van der Waals surface area contributed by atoms with Crippen molar-refractivity contribution in [3.63, 3.8) is 0 Å². The molecule has 2 heterocycles. The number of hydrogen-bond donors (Lipinski definition) is 1. The number of hydrogen-bond acceptors (Lipinski definition) is 6. The number of halogens is 1. The summed E-state index contributed by atoms with van der Waals surface area (Å²) in [5, 5.41) is 7.97. The summed E-state index contributed by atoms with van der Waals surface area (Å²) >= 11 is 2.92. The van der Waals surface area contributed by atoms with Crippen LogP contribution in [0.2, 0.25) is 0 Å². The number of carbonyl (C=O) groups is 2. The van der Waals surface area contributed by atoms with E-state index in [4.69, 9.17) is 9.84 Å². The number of rotatable bonds is 3. The van der Waals surface area contributed by atoms with Crippen LogP contribution in [-0.4, -0.2) is 58.6 Å². The average molecular weight is 356 g/mol. The molecule has 0 aromatic heterocycles. The van der Waals surface area contributed by atoms with E-state index in [1.807, 2.05) is 0 Å². The van der Waals surface area contributed by atoms with Crippen LogP contribution >= 0.6 is 15.9 Å². The first-order valence-electron chi connectivity index (χ1n) is 5.61. The minimum absolute atomic E-state index is 0.0748. The molecular formula is C10H14BrNO6S. The smallest absolute Gasteiger partial charge is 0.331 e. The maximum Gasteiger partial charge on any atom is 0.331 e. The number of nitrogens with zero attached hydrogens (tertiary/aromatic N) is 1. The summed E-state index contributed by atoms with van der Waals surface area (Å²) in [6, 6.07) is -1.17. The highest BCUT2D eigenvalue weighted by atomic mass is 79.9. The van der Waals surface area contributed by atoms with Crippen molar-refractivity contribution in [2.45, 2.75) is 30.0 Å². The summed E-state index contributed by atoms with van der Waals surface area (Å²) in [6.45, 7) is 2.24. The molecule has 3 atom stereocenters. The third kappa shape index (κ3) is 1.67. The van der Waals surface area contributed by atoms with Crippen molar-refractivity contribution in [1.29, 1.82) is 0 Å². The van der Waals surface area contributed by atoms with Crippen molar-refractivity contribution in [3.8, 4) is 0 Å². The van der Waals surface area contributed by atoms with Crippen molar-refractivity contribution in [1.82, 2.24) is 4.90 Å². The highest BCUT2D eigenvalue weighted by Gasteiger charge is 2.72. The van der Waals surface area contributed by atoms with E-state index in [-0.39, 0.29) is 5.52 Å². The number of carbonyl (C=O) groups excluding carboxylic acids is 2. The standard InChI is InChI=1S/C10H14BrNO6S/c1-10(2)6(9(15)18-4-11)12-7(14)5(3-13)8(12)19(10,16)17/h5-6,8,13H,3-4H2,1-2H3/t5-,6+,8-/m1/s1. The van der Waals surface area contributed by atoms with E-state index >= 15 is 0 Å². The molecule has 0 saturated carbocycles. The zero-order valence-electron chi connectivity index (χ0n) is 10.4. The Balaban J connectivity index is 2.47. The van der Waals surface area contributed by atoms with Crippen molar-refractivity contribution < 1.29 is 27.9 Å². The maximum absolute atomic E-state index is 12.4. The molecule has 2 saturated heterocycles. The topological polar surface area (TPSA) is 101 Å². The van der Waals surface area contributed by atoms with Crippen LogP contribution in [0.5, 0.6) is 0 Å². The molecule has 108 valence electrons. The molecule has 0 aromatic rings. The summed E-state index contributed by atoms with van der Waals surface area (Å²) in [5.41, 5.74) is -0.0748. The zero-order chi connectivity index (χ0) is 14.6. The van der Waals surface area contributed by atoms with Crippen LogP contribution in [0.1, 0.15) is 13.8 Å². The quantitative estimate of drug-likeness (QED) is 0.405. The van der Waals surface area contributed by atoms with Crippen LogP contribution in [0.3, 0.4) is 0 Å². The number of ether oxygens (including phenoxy) is 1. The van der Waals surface area contributed by atoms with Gasteiger partial charge in [0.25, 0.3) is 0 Å². The van der Waals surface area contributed by atoms with E-state index in [0.717, 1.165) is 4.90 Å². The predicted octanol–water partition coefficient (Wildman–Crippen LogP) is -0.766. The Labute approximate surface area is 118 Å². The molecule has 2 rings (SSSR count). The molecular weight excluding hydrogens is 342 g/mol. The fourth-order valence-corrected chi connectivity index (χ4v) is 5.22. The van der Waals surface area contributed by atoms with Gasteiger partial charge >= 0.3 is 5.97 Å². The maximum atomic E-state index is 12.4. The van der Waals surface area contributed by atoms with Crippen LogP contribution in [-0.2, 0) is 24.2 Å². The lowest BCUT2D eigenvalue weighted by molar-refractivity contribution is -0.167. The summed E-state index contributed by atoms with van der Waals surface area (Å²) in [7, 11) is -3.74. The molecule has 19 heavy (non-hydrogen) atoms. The van der Waals surface area contributed by atoms with Crippen LogP contribution < -0.4 is 0 Å². The first-order chi connectivity index (χ1) is 8.71. The Morgan fingerprint density at radius 2 is 2.11 bits per heavy atom. The SMILES string of the molecule is CC1(C)[C@H](C(=O)OCBr)N2C(=O)[C@@H](CO)[C@H]2S1(=O)=O. The lowest BCUT2D eigenvalue weighted by Gasteiger charge is -2.42. The number of aliphatic hydroxyl groups is 1. The highest BCUT2D eigenvalue weighted by molar-refractivity contribution is 9.09. The van der Waals surface area contributed by atoms with Crippen LogP contribution in [0, 0.1) is 5.92 Å². The second-order valence-corrected chi connectivity index (χ2v) is 8.13. The van der Waals surface area contributed by atoms with Crippen LogP contribution in [0.15, 0.2) is 0 Å². The normalized spacial score (nSPS) is 34.6. The Morgan fingerprint density at radius 3 is 2.58 bits per heavy atom. The lowest BCUT2D eigenvalue weighted by atomic mass is 9.92. The minimum Gasteiger partial charge on any atom is -0.452 e. The highest BCUT2D eigenvalue weighted by Crippen LogP contribution is 2.48. The van der Waals surface area contributed by atoms with E-state index < -0.39 is 50.4 Å². The van der Waals surface area contributed by atoms with Gasteiger partial charge in [-0.15, -0.1) is 0 Å². The molecule has 0 unspecified atom stereocenters. The molecule has 9 heteroatoms. The number of β-lactam (4-membered cyclic amide) rings is 1. The number of fused-ring (bicyclic) bond motifs is 1. The average Bonchev–Trinajstić information content (AvgIpc) is 2.44. The number of aliphatic hydroxyl groups excluding tert-OH is 1. The van der Waals surface area contributed by atoms with E-state index in [0.29, 0.717) is 0 Å². The fourth-order valence-electron chi connectivity index (χ4n) is 2.69. The molecule has 0 aliphatic carbocycles. The van der Waals surface area contributed by atoms with E-state index in [1.165, 1.54) is 13.8 Å². The van der Waals surface area contributed by atoms with E-state index in [9.17, 15) is 18.0 Å². The molecule has 1 N–H and O–H groups in total. The number of amides is 1. The lowest BCUT2D eigenvalue weighted by Crippen LogP contribution is -2.64. The molecule has 2 fully saturated rings. The molecule has 2 aliphatic rings. The van der Waals surface area contributed by atoms with Gasteiger partial charge in [-0.2, -0.15) is 0 Å². The van der Waals surface area contributed by atoms with Gasteiger partial charge in [0.15, 0.2) is 9.84 Å². The van der Waals surface area contributed by atoms with Crippen LogP contribution in [0.25, 0.3) is 0 Å². The second kappa shape index (κ2) is 4.42. The molecule has 7 nitrogen and oxygen atoms in total. The monoisotopic (exact) mass is 355 g/mol. The third-order valence-corrected chi connectivity index (χ3v) is 6.91. The Hall–Kier alpha value is -0.670. The van der Waals surface area contributed by atoms with Crippen molar-refractivity contribution in [2.75, 3.05) is 12.1 Å². The minimum atomic E-state index is -3.74. The van der Waals surface area contributed by atoms with Gasteiger partial charge < -0.3 is 14.7 Å². The summed E-state index contributed by atoms with van der Waals surface area (Å²) < 4.78 is 28.1. The molecule has 1 amide bonds. The first-order valence-corrected chi connectivity index (χ1v) is 8.27. The van der Waals surface area contributed by atoms with Gasteiger partial charge in [-0.3, -0.25) is 4.79 Å². The Morgan fingerprint density at radius 1 is 1.53 bits per heavy atom. The summed E-state index contributed by atoms with van der Waals surface area (Å²) in [5.74, 6) is -2.28. The third-order valence-electron chi connectivity index (χ3n) is 3.79. The van der Waals surface area contributed by atoms with E-state index in [1.54, 1.807) is 0 Å². The number of sulfone groups is 1. The van der Waals surface area contributed by atoms with Crippen molar-refractivity contribution >= 4 is 37.6 Å². The number of alkyl halides is 1. The largest absolute Gasteiger partial charge is 0.452 e.